The predicted molar refractivity (Wildman–Crippen MR) is 71.9 cm³/mol. The molecule has 6 nitrogen and oxygen atoms in total. The van der Waals surface area contributed by atoms with E-state index >= 15 is 0 Å². The van der Waals surface area contributed by atoms with Gasteiger partial charge >= 0.3 is 0 Å². The molecule has 100 valence electrons. The molecule has 1 aliphatic rings. The molecule has 3 N–H and O–H groups in total. The van der Waals surface area contributed by atoms with Gasteiger partial charge in [0.1, 0.15) is 5.75 Å². The number of aromatic hydroxyl groups is 1. The predicted octanol–water partition coefficient (Wildman–Crippen LogP) is 2.01. The van der Waals surface area contributed by atoms with Crippen LogP contribution in [0.1, 0.15) is 19.3 Å². The Morgan fingerprint density at radius 3 is 2.74 bits per heavy atom. The zero-order valence-electron chi connectivity index (χ0n) is 10.5. The summed E-state index contributed by atoms with van der Waals surface area (Å²) >= 11 is 0. The van der Waals surface area contributed by atoms with Crippen LogP contribution in [0.2, 0.25) is 0 Å². The molecule has 0 spiro atoms. The van der Waals surface area contributed by atoms with Crippen molar-refractivity contribution >= 4 is 11.6 Å². The first-order chi connectivity index (χ1) is 9.24. The second-order valence-corrected chi connectivity index (χ2v) is 4.72. The maximum absolute atomic E-state index is 9.84. The minimum absolute atomic E-state index is 0.0499. The summed E-state index contributed by atoms with van der Waals surface area (Å²) in [6.07, 6.45) is 3.55. The van der Waals surface area contributed by atoms with Crippen LogP contribution in [0.5, 0.6) is 5.75 Å². The number of aromatic nitrogens is 2. The van der Waals surface area contributed by atoms with E-state index in [-0.39, 0.29) is 5.75 Å². The number of phenols is 1. The van der Waals surface area contributed by atoms with E-state index in [1.807, 2.05) is 0 Å². The van der Waals surface area contributed by atoms with Crippen molar-refractivity contribution in [2.45, 2.75) is 19.3 Å². The number of anilines is 2. The number of nitrogens with two attached hydrogens (primary N) is 1. The molecule has 2 aromatic rings. The average molecular weight is 260 g/mol. The van der Waals surface area contributed by atoms with Crippen LogP contribution in [-0.4, -0.2) is 28.3 Å². The molecule has 3 rings (SSSR count). The molecule has 1 aromatic heterocycles. The van der Waals surface area contributed by atoms with Gasteiger partial charge in [0, 0.05) is 24.8 Å². The van der Waals surface area contributed by atoms with Crippen LogP contribution in [0.25, 0.3) is 11.5 Å². The summed E-state index contributed by atoms with van der Waals surface area (Å²) in [6.45, 7) is 1.90. The van der Waals surface area contributed by atoms with Crippen molar-refractivity contribution in [3.8, 4) is 17.2 Å². The van der Waals surface area contributed by atoms with Gasteiger partial charge in [-0.1, -0.05) is 0 Å². The third-order valence-corrected chi connectivity index (χ3v) is 3.31. The van der Waals surface area contributed by atoms with E-state index in [0.717, 1.165) is 25.9 Å². The van der Waals surface area contributed by atoms with E-state index in [4.69, 9.17) is 10.3 Å². The summed E-state index contributed by atoms with van der Waals surface area (Å²) in [6, 6.07) is 4.85. The maximum Gasteiger partial charge on any atom is 0.266 e. The number of rotatable bonds is 2. The van der Waals surface area contributed by atoms with Gasteiger partial charge in [-0.25, -0.2) is 0 Å². The van der Waals surface area contributed by atoms with Gasteiger partial charge in [-0.2, -0.15) is 4.98 Å². The summed E-state index contributed by atoms with van der Waals surface area (Å²) < 4.78 is 5.22. The number of hydrogen-bond acceptors (Lipinski definition) is 6. The fourth-order valence-corrected chi connectivity index (χ4v) is 2.28. The van der Waals surface area contributed by atoms with Crippen molar-refractivity contribution in [2.24, 2.45) is 0 Å². The van der Waals surface area contributed by atoms with Gasteiger partial charge in [-0.15, -0.1) is 0 Å². The SMILES string of the molecule is Nc1ccc(-c2nc(N3CCCCC3)no2)c(O)c1. The molecular formula is C13H16N4O2. The van der Waals surface area contributed by atoms with E-state index in [9.17, 15) is 5.11 Å². The van der Waals surface area contributed by atoms with Crippen LogP contribution in [0, 0.1) is 0 Å². The van der Waals surface area contributed by atoms with Gasteiger partial charge < -0.3 is 20.3 Å². The first-order valence-corrected chi connectivity index (χ1v) is 6.41. The second-order valence-electron chi connectivity index (χ2n) is 4.72. The highest BCUT2D eigenvalue weighted by atomic mass is 16.5. The van der Waals surface area contributed by atoms with Gasteiger partial charge in [-0.3, -0.25) is 0 Å². The van der Waals surface area contributed by atoms with Gasteiger partial charge in [0.2, 0.25) is 0 Å². The molecule has 0 aliphatic carbocycles. The van der Waals surface area contributed by atoms with Crippen molar-refractivity contribution in [3.05, 3.63) is 18.2 Å². The Morgan fingerprint density at radius 2 is 2.00 bits per heavy atom. The molecule has 0 amide bonds. The van der Waals surface area contributed by atoms with Crippen molar-refractivity contribution in [1.29, 1.82) is 0 Å². The van der Waals surface area contributed by atoms with Crippen LogP contribution in [-0.2, 0) is 0 Å². The first kappa shape index (κ1) is 11.8. The van der Waals surface area contributed by atoms with E-state index in [1.165, 1.54) is 12.5 Å². The zero-order chi connectivity index (χ0) is 13.2. The first-order valence-electron chi connectivity index (χ1n) is 6.41. The molecule has 6 heteroatoms. The van der Waals surface area contributed by atoms with E-state index < -0.39 is 0 Å². The summed E-state index contributed by atoms with van der Waals surface area (Å²) in [7, 11) is 0. The zero-order valence-corrected chi connectivity index (χ0v) is 10.5. The highest BCUT2D eigenvalue weighted by molar-refractivity contribution is 5.66. The van der Waals surface area contributed by atoms with Crippen molar-refractivity contribution in [1.82, 2.24) is 10.1 Å². The van der Waals surface area contributed by atoms with Crippen LogP contribution in [0.4, 0.5) is 11.6 Å². The van der Waals surface area contributed by atoms with Gasteiger partial charge in [0.15, 0.2) is 0 Å². The van der Waals surface area contributed by atoms with E-state index in [0.29, 0.717) is 23.1 Å². The molecule has 0 unspecified atom stereocenters. The highest BCUT2D eigenvalue weighted by Crippen LogP contribution is 2.30. The molecule has 1 aromatic carbocycles. The lowest BCUT2D eigenvalue weighted by Gasteiger charge is -2.24. The molecule has 0 radical (unpaired) electrons. The fourth-order valence-electron chi connectivity index (χ4n) is 2.28. The third kappa shape index (κ3) is 2.33. The van der Waals surface area contributed by atoms with Crippen molar-refractivity contribution in [3.63, 3.8) is 0 Å². The molecule has 0 bridgehead atoms. The summed E-state index contributed by atoms with van der Waals surface area (Å²) in [4.78, 5) is 6.44. The van der Waals surface area contributed by atoms with Gasteiger partial charge in [0.25, 0.3) is 11.8 Å². The number of nitrogens with zero attached hydrogens (tertiary/aromatic N) is 3. The Morgan fingerprint density at radius 1 is 1.21 bits per heavy atom. The normalized spacial score (nSPS) is 15.7. The van der Waals surface area contributed by atoms with Gasteiger partial charge in [-0.05, 0) is 36.6 Å². The fraction of sp³-hybridized carbons (Fsp3) is 0.385. The maximum atomic E-state index is 9.84. The Kier molecular flexibility index (Phi) is 2.98. The topological polar surface area (TPSA) is 88.4 Å². The average Bonchev–Trinajstić information content (AvgIpc) is 2.89. The monoisotopic (exact) mass is 260 g/mol. The standard InChI is InChI=1S/C13H16N4O2/c14-9-4-5-10(11(18)8-9)12-15-13(16-19-12)17-6-2-1-3-7-17/h4-5,8,18H,1-3,6-7,14H2. The lowest BCUT2D eigenvalue weighted by Crippen LogP contribution is -2.30. The van der Waals surface area contributed by atoms with Crippen LogP contribution >= 0.6 is 0 Å². The number of piperidine rings is 1. The number of nitrogen functional groups attached to an aromatic ring is 1. The molecule has 1 saturated heterocycles. The quantitative estimate of drug-likeness (QED) is 0.803. The molecule has 0 atom stereocenters. The smallest absolute Gasteiger partial charge is 0.266 e. The van der Waals surface area contributed by atoms with Crippen molar-refractivity contribution < 1.29 is 9.63 Å². The Hall–Kier alpha value is -2.24. The second kappa shape index (κ2) is 4.79. The minimum atomic E-state index is 0.0499. The molecule has 19 heavy (non-hydrogen) atoms. The minimum Gasteiger partial charge on any atom is -0.507 e. The number of phenolic OH excluding ortho intramolecular Hbond substituents is 1. The van der Waals surface area contributed by atoms with Crippen molar-refractivity contribution in [2.75, 3.05) is 23.7 Å². The van der Waals surface area contributed by atoms with Crippen LogP contribution in [0.3, 0.4) is 0 Å². The van der Waals surface area contributed by atoms with Gasteiger partial charge in [0.05, 0.1) is 5.56 Å². The largest absolute Gasteiger partial charge is 0.507 e. The molecule has 1 aliphatic heterocycles. The van der Waals surface area contributed by atoms with Crippen LogP contribution < -0.4 is 10.6 Å². The van der Waals surface area contributed by atoms with E-state index in [2.05, 4.69) is 15.0 Å². The molecule has 1 fully saturated rings. The Bertz CT molecular complexity index is 576. The van der Waals surface area contributed by atoms with E-state index in [1.54, 1.807) is 12.1 Å². The van der Waals surface area contributed by atoms with Crippen LogP contribution in [0.15, 0.2) is 22.7 Å². The number of benzene rings is 1. The number of hydrogen-bond donors (Lipinski definition) is 2. The lowest BCUT2D eigenvalue weighted by molar-refractivity contribution is 0.421. The Labute approximate surface area is 110 Å². The summed E-state index contributed by atoms with van der Waals surface area (Å²) in [5.41, 5.74) is 6.59. The summed E-state index contributed by atoms with van der Waals surface area (Å²) in [5.74, 6) is 0.956. The molecule has 0 saturated carbocycles. The lowest BCUT2D eigenvalue weighted by atomic mass is 10.1. The highest BCUT2D eigenvalue weighted by Gasteiger charge is 2.18. The molecule has 2 heterocycles. The summed E-state index contributed by atoms with van der Waals surface area (Å²) in [5, 5.41) is 13.8. The molecular weight excluding hydrogens is 244 g/mol. The third-order valence-electron chi connectivity index (χ3n) is 3.31. The Balaban J connectivity index is 1.87.